The van der Waals surface area contributed by atoms with Crippen molar-refractivity contribution < 1.29 is 4.79 Å². The molecule has 3 aromatic heterocycles. The average molecular weight is 487 g/mol. The van der Waals surface area contributed by atoms with E-state index in [4.69, 9.17) is 0 Å². The minimum atomic E-state index is 0.0801. The molecular formula is C27H30N6OS. The number of aromatic nitrogens is 3. The molecule has 0 bridgehead atoms. The molecule has 1 aromatic carbocycles. The van der Waals surface area contributed by atoms with E-state index in [2.05, 4.69) is 49.9 Å². The number of amides is 1. The highest BCUT2D eigenvalue weighted by Crippen LogP contribution is 2.33. The molecule has 0 spiro atoms. The molecule has 2 aliphatic rings. The number of benzene rings is 1. The molecule has 8 heteroatoms. The molecule has 180 valence electrons. The molecule has 0 saturated carbocycles. The number of nitrogens with zero attached hydrogens (tertiary/aromatic N) is 4. The Morgan fingerprint density at radius 1 is 1.14 bits per heavy atom. The van der Waals surface area contributed by atoms with Crippen molar-refractivity contribution in [2.45, 2.75) is 44.6 Å². The lowest BCUT2D eigenvalue weighted by Crippen LogP contribution is -2.47. The van der Waals surface area contributed by atoms with E-state index in [1.807, 2.05) is 31.6 Å². The third-order valence-corrected chi connectivity index (χ3v) is 8.24. The molecule has 1 aliphatic carbocycles. The van der Waals surface area contributed by atoms with Crippen LogP contribution in [0, 0.1) is 0 Å². The molecule has 4 aromatic rings. The molecule has 1 aliphatic heterocycles. The first-order valence-corrected chi connectivity index (χ1v) is 13.3. The van der Waals surface area contributed by atoms with Crippen LogP contribution < -0.4 is 15.5 Å². The summed E-state index contributed by atoms with van der Waals surface area (Å²) < 4.78 is 1.78. The van der Waals surface area contributed by atoms with E-state index in [9.17, 15) is 4.79 Å². The summed E-state index contributed by atoms with van der Waals surface area (Å²) >= 11 is 1.69. The Kier molecular flexibility index (Phi) is 5.90. The zero-order valence-electron chi connectivity index (χ0n) is 20.0. The van der Waals surface area contributed by atoms with Gasteiger partial charge in [-0.1, -0.05) is 6.07 Å². The number of hydrogen-bond donors (Lipinski definition) is 2. The molecule has 6 rings (SSSR count). The van der Waals surface area contributed by atoms with Gasteiger partial charge in [-0.25, -0.2) is 0 Å². The summed E-state index contributed by atoms with van der Waals surface area (Å²) in [5, 5.41) is 12.3. The third-order valence-electron chi connectivity index (χ3n) is 7.01. The molecule has 2 N–H and O–H groups in total. The summed E-state index contributed by atoms with van der Waals surface area (Å²) in [4.78, 5) is 22.3. The van der Waals surface area contributed by atoms with Crippen LogP contribution in [0.25, 0.3) is 10.9 Å². The van der Waals surface area contributed by atoms with E-state index < -0.39 is 0 Å². The van der Waals surface area contributed by atoms with Gasteiger partial charge in [-0.3, -0.25) is 14.5 Å². The molecule has 1 fully saturated rings. The minimum absolute atomic E-state index is 0.0801. The zero-order chi connectivity index (χ0) is 23.8. The fourth-order valence-corrected chi connectivity index (χ4v) is 6.42. The summed E-state index contributed by atoms with van der Waals surface area (Å²) in [6.07, 6.45) is 10.5. The second kappa shape index (κ2) is 9.34. The Bertz CT molecular complexity index is 1350. The maximum atomic E-state index is 13.1. The number of hydrogen-bond acceptors (Lipinski definition) is 6. The number of carbonyl (C=O) groups excluding carboxylic acids is 1. The van der Waals surface area contributed by atoms with Gasteiger partial charge in [-0.15, -0.1) is 11.3 Å². The van der Waals surface area contributed by atoms with Crippen LogP contribution >= 0.6 is 11.3 Å². The molecule has 4 heterocycles. The van der Waals surface area contributed by atoms with E-state index in [0.29, 0.717) is 0 Å². The van der Waals surface area contributed by atoms with E-state index in [0.717, 1.165) is 71.7 Å². The van der Waals surface area contributed by atoms with Crippen molar-refractivity contribution in [3.05, 3.63) is 64.1 Å². The summed E-state index contributed by atoms with van der Waals surface area (Å²) in [6.45, 7) is 1.76. The summed E-state index contributed by atoms with van der Waals surface area (Å²) in [7, 11) is 1.91. The predicted octanol–water partition coefficient (Wildman–Crippen LogP) is 5.05. The van der Waals surface area contributed by atoms with Crippen LogP contribution in [-0.2, 0) is 19.9 Å². The molecule has 35 heavy (non-hydrogen) atoms. The largest absolute Gasteiger partial charge is 0.369 e. The zero-order valence-corrected chi connectivity index (χ0v) is 20.8. The summed E-state index contributed by atoms with van der Waals surface area (Å²) in [6, 6.07) is 12.6. The van der Waals surface area contributed by atoms with Crippen LogP contribution in [0.5, 0.6) is 0 Å². The van der Waals surface area contributed by atoms with Crippen LogP contribution in [0.1, 0.15) is 45.8 Å². The summed E-state index contributed by atoms with van der Waals surface area (Å²) in [5.74, 6) is 0.871. The van der Waals surface area contributed by atoms with Crippen molar-refractivity contribution in [3.63, 3.8) is 0 Å². The highest BCUT2D eigenvalue weighted by atomic mass is 32.1. The fourth-order valence-electron chi connectivity index (χ4n) is 5.26. The van der Waals surface area contributed by atoms with Crippen LogP contribution in [0.15, 0.2) is 48.8 Å². The fraction of sp³-hybridized carbons (Fsp3) is 0.370. The Morgan fingerprint density at radius 2 is 2.06 bits per heavy atom. The van der Waals surface area contributed by atoms with Crippen molar-refractivity contribution in [1.82, 2.24) is 20.1 Å². The van der Waals surface area contributed by atoms with Crippen molar-refractivity contribution in [3.8, 4) is 0 Å². The van der Waals surface area contributed by atoms with E-state index >= 15 is 0 Å². The average Bonchev–Trinajstić information content (AvgIpc) is 3.50. The monoisotopic (exact) mass is 486 g/mol. The first-order chi connectivity index (χ1) is 17.1. The van der Waals surface area contributed by atoms with Gasteiger partial charge in [0.25, 0.3) is 5.91 Å². The van der Waals surface area contributed by atoms with E-state index in [1.165, 1.54) is 23.3 Å². The molecule has 1 atom stereocenters. The minimum Gasteiger partial charge on any atom is -0.369 e. The van der Waals surface area contributed by atoms with Gasteiger partial charge in [-0.2, -0.15) is 5.10 Å². The number of piperidine rings is 1. The van der Waals surface area contributed by atoms with Crippen molar-refractivity contribution >= 4 is 45.3 Å². The normalized spacial score (nSPS) is 17.9. The lowest BCUT2D eigenvalue weighted by atomic mass is 9.99. The van der Waals surface area contributed by atoms with Crippen molar-refractivity contribution in [2.75, 3.05) is 23.3 Å². The van der Waals surface area contributed by atoms with E-state index in [-0.39, 0.29) is 11.9 Å². The van der Waals surface area contributed by atoms with Gasteiger partial charge >= 0.3 is 0 Å². The highest BCUT2D eigenvalue weighted by molar-refractivity contribution is 7.14. The standard InChI is InChI=1S/C27H30N6OS/c1-32-13-10-25(31-32)30-22-16-21(14-19-7-4-11-28-26(19)22)33-12-5-8-20(17-33)29-27(34)24-15-18-6-2-3-9-23(18)35-24/h4,7,10-11,13-16,20H,2-3,5-6,8-9,12,17H2,1H3,(H,29,34)(H,30,31)/t20-/m0/s1. The number of aryl methyl sites for hydroxylation is 3. The highest BCUT2D eigenvalue weighted by Gasteiger charge is 2.25. The SMILES string of the molecule is Cn1ccc(Nc2cc(N3CCC[C@H](NC(=O)c4cc5c(s4)CCCC5)C3)cc3cccnc23)n1. The van der Waals surface area contributed by atoms with Crippen LogP contribution in [0.2, 0.25) is 0 Å². The second-order valence-electron chi connectivity index (χ2n) is 9.59. The number of rotatable bonds is 5. The number of thiophene rings is 1. The Labute approximate surface area is 209 Å². The van der Waals surface area contributed by atoms with Crippen LogP contribution in [0.4, 0.5) is 17.2 Å². The van der Waals surface area contributed by atoms with Crippen LogP contribution in [-0.4, -0.2) is 39.8 Å². The second-order valence-corrected chi connectivity index (χ2v) is 10.7. The van der Waals surface area contributed by atoms with Crippen LogP contribution in [0.3, 0.4) is 0 Å². The molecular weight excluding hydrogens is 456 g/mol. The van der Waals surface area contributed by atoms with Gasteiger partial charge < -0.3 is 15.5 Å². The van der Waals surface area contributed by atoms with Gasteiger partial charge in [0.2, 0.25) is 0 Å². The Morgan fingerprint density at radius 3 is 2.91 bits per heavy atom. The lowest BCUT2D eigenvalue weighted by Gasteiger charge is -2.35. The molecule has 0 unspecified atom stereocenters. The first kappa shape index (κ1) is 22.1. The van der Waals surface area contributed by atoms with Gasteiger partial charge in [0, 0.05) is 60.6 Å². The quantitative estimate of drug-likeness (QED) is 0.413. The molecule has 7 nitrogen and oxygen atoms in total. The lowest BCUT2D eigenvalue weighted by molar-refractivity contribution is 0.0937. The number of anilines is 3. The molecule has 1 amide bonds. The number of pyridine rings is 1. The van der Waals surface area contributed by atoms with Gasteiger partial charge in [0.05, 0.1) is 16.1 Å². The summed E-state index contributed by atoms with van der Waals surface area (Å²) in [5.41, 5.74) is 4.38. The van der Waals surface area contributed by atoms with Crippen molar-refractivity contribution in [1.29, 1.82) is 0 Å². The maximum Gasteiger partial charge on any atom is 0.261 e. The number of carbonyl (C=O) groups is 1. The Balaban J connectivity index is 1.21. The molecule has 1 saturated heterocycles. The van der Waals surface area contributed by atoms with Gasteiger partial charge in [-0.05, 0) is 68.4 Å². The van der Waals surface area contributed by atoms with E-state index in [1.54, 1.807) is 16.0 Å². The number of fused-ring (bicyclic) bond motifs is 2. The van der Waals surface area contributed by atoms with Gasteiger partial charge in [0.1, 0.15) is 0 Å². The van der Waals surface area contributed by atoms with Gasteiger partial charge in [0.15, 0.2) is 5.82 Å². The van der Waals surface area contributed by atoms with Crippen molar-refractivity contribution in [2.24, 2.45) is 7.05 Å². The topological polar surface area (TPSA) is 75.1 Å². The molecule has 0 radical (unpaired) electrons. The predicted molar refractivity (Wildman–Crippen MR) is 142 cm³/mol. The first-order valence-electron chi connectivity index (χ1n) is 12.5. The smallest absolute Gasteiger partial charge is 0.261 e. The number of nitrogens with one attached hydrogen (secondary N) is 2. The third kappa shape index (κ3) is 4.62. The Hall–Kier alpha value is -3.39. The maximum absolute atomic E-state index is 13.1.